The first-order valence-electron chi connectivity index (χ1n) is 7.25. The molecule has 1 aromatic rings. The molecule has 2 unspecified atom stereocenters. The smallest absolute Gasteiger partial charge is 0.306 e. The number of carbonyl (C=O) groups excluding carboxylic acids is 1. The number of carbonyl (C=O) groups is 2. The van der Waals surface area contributed by atoms with Crippen molar-refractivity contribution in [3.05, 3.63) is 29.8 Å². The largest absolute Gasteiger partial charge is 0.481 e. The van der Waals surface area contributed by atoms with Crippen molar-refractivity contribution >= 4 is 23.6 Å². The van der Waals surface area contributed by atoms with Gasteiger partial charge in [0.25, 0.3) is 0 Å². The van der Waals surface area contributed by atoms with Crippen molar-refractivity contribution in [2.45, 2.75) is 31.1 Å². The molecule has 0 heterocycles. The minimum Gasteiger partial charge on any atom is -0.481 e. The van der Waals surface area contributed by atoms with Crippen molar-refractivity contribution in [2.75, 3.05) is 12.3 Å². The molecule has 2 rings (SSSR count). The summed E-state index contributed by atoms with van der Waals surface area (Å²) in [5.74, 6) is -0.615. The van der Waals surface area contributed by atoms with Crippen LogP contribution in [0.2, 0.25) is 0 Å². The molecule has 0 aliphatic heterocycles. The summed E-state index contributed by atoms with van der Waals surface area (Å²) in [4.78, 5) is 24.0. The Balaban J connectivity index is 1.72. The predicted octanol–water partition coefficient (Wildman–Crippen LogP) is 2.70. The van der Waals surface area contributed by atoms with Crippen LogP contribution in [0.4, 0.5) is 0 Å². The Morgan fingerprint density at radius 1 is 1.29 bits per heavy atom. The zero-order chi connectivity index (χ0) is 15.2. The Morgan fingerprint density at radius 3 is 2.67 bits per heavy atom. The van der Waals surface area contributed by atoms with Gasteiger partial charge in [-0.05, 0) is 37.8 Å². The molecule has 114 valence electrons. The van der Waals surface area contributed by atoms with E-state index in [4.69, 9.17) is 5.11 Å². The number of carboxylic acids is 1. The van der Waals surface area contributed by atoms with Gasteiger partial charge in [-0.3, -0.25) is 9.59 Å². The molecule has 0 saturated heterocycles. The van der Waals surface area contributed by atoms with Crippen LogP contribution in [0.15, 0.2) is 29.2 Å². The molecule has 4 nitrogen and oxygen atoms in total. The minimum atomic E-state index is -0.735. The van der Waals surface area contributed by atoms with Gasteiger partial charge < -0.3 is 10.4 Å². The maximum atomic E-state index is 11.8. The highest BCUT2D eigenvalue weighted by Gasteiger charge is 2.32. The second kappa shape index (κ2) is 7.50. The number of hydrogen-bond donors (Lipinski definition) is 2. The molecule has 0 aromatic heterocycles. The molecular formula is C16H21NO3S. The molecule has 2 atom stereocenters. The van der Waals surface area contributed by atoms with Gasteiger partial charge in [-0.15, -0.1) is 11.8 Å². The topological polar surface area (TPSA) is 66.4 Å². The van der Waals surface area contributed by atoms with Crippen LogP contribution < -0.4 is 5.32 Å². The third-order valence-electron chi connectivity index (χ3n) is 3.93. The number of amides is 1. The lowest BCUT2D eigenvalue weighted by atomic mass is 9.96. The summed E-state index contributed by atoms with van der Waals surface area (Å²) in [5, 5.41) is 12.0. The third-order valence-corrected chi connectivity index (χ3v) is 4.94. The SMILES string of the molecule is Cc1ccc(SCC(=O)NCC2CCCC2C(=O)O)cc1. The highest BCUT2D eigenvalue weighted by atomic mass is 32.2. The first-order chi connectivity index (χ1) is 10.1. The summed E-state index contributed by atoms with van der Waals surface area (Å²) in [7, 11) is 0. The van der Waals surface area contributed by atoms with Gasteiger partial charge in [0.05, 0.1) is 11.7 Å². The van der Waals surface area contributed by atoms with Gasteiger partial charge in [-0.1, -0.05) is 24.1 Å². The van der Waals surface area contributed by atoms with Gasteiger partial charge in [0.15, 0.2) is 0 Å². The third kappa shape index (κ3) is 4.77. The maximum Gasteiger partial charge on any atom is 0.306 e. The van der Waals surface area contributed by atoms with Gasteiger partial charge in [0, 0.05) is 11.4 Å². The molecule has 0 bridgehead atoms. The van der Waals surface area contributed by atoms with Crippen molar-refractivity contribution in [3.8, 4) is 0 Å². The Bertz CT molecular complexity index is 501. The molecular weight excluding hydrogens is 286 g/mol. The zero-order valence-corrected chi connectivity index (χ0v) is 13.0. The van der Waals surface area contributed by atoms with E-state index in [1.165, 1.54) is 17.3 Å². The molecule has 0 spiro atoms. The van der Waals surface area contributed by atoms with Crippen LogP contribution in [0.5, 0.6) is 0 Å². The lowest BCUT2D eigenvalue weighted by Gasteiger charge is -2.16. The Morgan fingerprint density at radius 2 is 2.00 bits per heavy atom. The van der Waals surface area contributed by atoms with Crippen LogP contribution in [0.1, 0.15) is 24.8 Å². The van der Waals surface area contributed by atoms with E-state index in [1.54, 1.807) is 0 Å². The molecule has 1 aliphatic rings. The zero-order valence-electron chi connectivity index (χ0n) is 12.2. The van der Waals surface area contributed by atoms with Crippen molar-refractivity contribution in [3.63, 3.8) is 0 Å². The van der Waals surface area contributed by atoms with Gasteiger partial charge in [-0.2, -0.15) is 0 Å². The molecule has 0 radical (unpaired) electrons. The van der Waals surface area contributed by atoms with E-state index in [0.717, 1.165) is 24.2 Å². The fourth-order valence-corrected chi connectivity index (χ4v) is 3.41. The van der Waals surface area contributed by atoms with E-state index >= 15 is 0 Å². The Labute approximate surface area is 129 Å². The summed E-state index contributed by atoms with van der Waals surface area (Å²) in [6.45, 7) is 2.51. The summed E-state index contributed by atoms with van der Waals surface area (Å²) in [6.07, 6.45) is 2.56. The monoisotopic (exact) mass is 307 g/mol. The normalized spacial score (nSPS) is 21.2. The van der Waals surface area contributed by atoms with Crippen molar-refractivity contribution < 1.29 is 14.7 Å². The van der Waals surface area contributed by atoms with Crippen molar-refractivity contribution in [1.82, 2.24) is 5.32 Å². The van der Waals surface area contributed by atoms with Crippen LogP contribution in [-0.4, -0.2) is 29.3 Å². The van der Waals surface area contributed by atoms with Crippen LogP contribution in [0.3, 0.4) is 0 Å². The number of nitrogens with one attached hydrogen (secondary N) is 1. The Kier molecular flexibility index (Phi) is 5.67. The number of hydrogen-bond acceptors (Lipinski definition) is 3. The van der Waals surface area contributed by atoms with Gasteiger partial charge in [0.2, 0.25) is 5.91 Å². The van der Waals surface area contributed by atoms with E-state index in [-0.39, 0.29) is 17.7 Å². The van der Waals surface area contributed by atoms with Gasteiger partial charge in [-0.25, -0.2) is 0 Å². The number of benzene rings is 1. The lowest BCUT2D eigenvalue weighted by Crippen LogP contribution is -2.33. The number of aliphatic carboxylic acids is 1. The van der Waals surface area contributed by atoms with Crippen LogP contribution in [-0.2, 0) is 9.59 Å². The Hall–Kier alpha value is -1.49. The predicted molar refractivity (Wildman–Crippen MR) is 83.4 cm³/mol. The molecule has 5 heteroatoms. The van der Waals surface area contributed by atoms with Crippen molar-refractivity contribution in [2.24, 2.45) is 11.8 Å². The van der Waals surface area contributed by atoms with Crippen LogP contribution >= 0.6 is 11.8 Å². The van der Waals surface area contributed by atoms with Gasteiger partial charge >= 0.3 is 5.97 Å². The fraction of sp³-hybridized carbons (Fsp3) is 0.500. The highest BCUT2D eigenvalue weighted by Crippen LogP contribution is 2.31. The van der Waals surface area contributed by atoms with Crippen molar-refractivity contribution in [1.29, 1.82) is 0 Å². The second-order valence-electron chi connectivity index (χ2n) is 5.54. The van der Waals surface area contributed by atoms with E-state index in [0.29, 0.717) is 12.3 Å². The summed E-state index contributed by atoms with van der Waals surface area (Å²) >= 11 is 1.50. The average Bonchev–Trinajstić information content (AvgIpc) is 2.93. The van der Waals surface area contributed by atoms with Crippen LogP contribution in [0.25, 0.3) is 0 Å². The van der Waals surface area contributed by atoms with E-state index in [1.807, 2.05) is 31.2 Å². The van der Waals surface area contributed by atoms with Crippen LogP contribution in [0, 0.1) is 18.8 Å². The molecule has 1 fully saturated rings. The molecule has 1 aliphatic carbocycles. The van der Waals surface area contributed by atoms with E-state index in [9.17, 15) is 9.59 Å². The minimum absolute atomic E-state index is 0.0309. The summed E-state index contributed by atoms with van der Waals surface area (Å²) in [5.41, 5.74) is 1.20. The number of carboxylic acid groups (broad SMARTS) is 1. The first-order valence-corrected chi connectivity index (χ1v) is 8.24. The molecule has 1 amide bonds. The lowest BCUT2D eigenvalue weighted by molar-refractivity contribution is -0.143. The highest BCUT2D eigenvalue weighted by molar-refractivity contribution is 8.00. The number of thioether (sulfide) groups is 1. The fourth-order valence-electron chi connectivity index (χ4n) is 2.69. The van der Waals surface area contributed by atoms with Gasteiger partial charge in [0.1, 0.15) is 0 Å². The summed E-state index contributed by atoms with van der Waals surface area (Å²) < 4.78 is 0. The molecule has 2 N–H and O–H groups in total. The number of rotatable bonds is 6. The number of aryl methyl sites for hydroxylation is 1. The second-order valence-corrected chi connectivity index (χ2v) is 6.59. The van der Waals surface area contributed by atoms with E-state index in [2.05, 4.69) is 5.32 Å². The summed E-state index contributed by atoms with van der Waals surface area (Å²) in [6, 6.07) is 8.06. The molecule has 1 aromatic carbocycles. The maximum absolute atomic E-state index is 11.8. The standard InChI is InChI=1S/C16H21NO3S/c1-11-5-7-13(8-6-11)21-10-15(18)17-9-12-3-2-4-14(12)16(19)20/h5-8,12,14H,2-4,9-10H2,1H3,(H,17,18)(H,19,20). The average molecular weight is 307 g/mol. The molecule has 1 saturated carbocycles. The quantitative estimate of drug-likeness (QED) is 0.793. The van der Waals surface area contributed by atoms with E-state index < -0.39 is 5.97 Å². The first kappa shape index (κ1) is 15.9. The molecule has 21 heavy (non-hydrogen) atoms.